The molecule has 0 atom stereocenters. The van der Waals surface area contributed by atoms with Gasteiger partial charge in [-0.05, 0) is 44.2 Å². The topological polar surface area (TPSA) is 202 Å². The molecular formula is C25H22F3N3O10. The zero-order valence-electron chi connectivity index (χ0n) is 21.3. The van der Waals surface area contributed by atoms with E-state index in [-0.39, 0.29) is 30.0 Å². The third-order valence-electron chi connectivity index (χ3n) is 4.54. The number of carbonyl (C=O) groups is 3. The molecule has 0 saturated carbocycles. The fourth-order valence-electron chi connectivity index (χ4n) is 2.69. The van der Waals surface area contributed by atoms with Crippen LogP contribution in [0.25, 0.3) is 0 Å². The van der Waals surface area contributed by atoms with Crippen LogP contribution < -0.4 is 5.73 Å². The number of nitro benzene ring substituents is 2. The summed E-state index contributed by atoms with van der Waals surface area (Å²) >= 11 is 0. The Kier molecular flexibility index (Phi) is 12.9. The molecule has 13 nitrogen and oxygen atoms in total. The molecule has 0 saturated heterocycles. The number of halogens is 3. The fourth-order valence-corrected chi connectivity index (χ4v) is 2.69. The summed E-state index contributed by atoms with van der Waals surface area (Å²) in [6, 6.07) is 8.99. The van der Waals surface area contributed by atoms with Gasteiger partial charge in [0.15, 0.2) is 0 Å². The quantitative estimate of drug-likeness (QED) is 0.166. The van der Waals surface area contributed by atoms with Crippen molar-refractivity contribution in [3.63, 3.8) is 0 Å². The predicted octanol–water partition coefficient (Wildman–Crippen LogP) is 4.93. The number of hydrogen-bond donors (Lipinski definition) is 2. The van der Waals surface area contributed by atoms with Crippen LogP contribution in [0.3, 0.4) is 0 Å². The lowest BCUT2D eigenvalue weighted by Gasteiger charge is -2.02. The minimum absolute atomic E-state index is 0.0870. The number of esters is 2. The van der Waals surface area contributed by atoms with Crippen LogP contribution in [-0.2, 0) is 9.47 Å². The van der Waals surface area contributed by atoms with Gasteiger partial charge in [-0.1, -0.05) is 0 Å². The van der Waals surface area contributed by atoms with Crippen LogP contribution in [0, 0.1) is 37.7 Å². The van der Waals surface area contributed by atoms with Gasteiger partial charge < -0.3 is 20.3 Å². The first-order valence-electron chi connectivity index (χ1n) is 11.2. The molecule has 3 aromatic rings. The van der Waals surface area contributed by atoms with Gasteiger partial charge in [0.1, 0.15) is 17.5 Å². The van der Waals surface area contributed by atoms with Gasteiger partial charge in [0, 0.05) is 17.8 Å². The van der Waals surface area contributed by atoms with Gasteiger partial charge in [-0.25, -0.2) is 27.6 Å². The molecule has 0 radical (unpaired) electrons. The molecule has 3 rings (SSSR count). The van der Waals surface area contributed by atoms with Gasteiger partial charge in [-0.2, -0.15) is 0 Å². The van der Waals surface area contributed by atoms with E-state index in [0.717, 1.165) is 30.3 Å². The maximum absolute atomic E-state index is 13.2. The molecule has 0 aromatic heterocycles. The maximum Gasteiger partial charge on any atom is 0.341 e. The Labute approximate surface area is 229 Å². The Morgan fingerprint density at radius 2 is 1.10 bits per heavy atom. The Morgan fingerprint density at radius 1 is 0.732 bits per heavy atom. The van der Waals surface area contributed by atoms with Crippen molar-refractivity contribution in [2.75, 3.05) is 18.9 Å². The van der Waals surface area contributed by atoms with Crippen LogP contribution >= 0.6 is 0 Å². The molecule has 0 aliphatic heterocycles. The van der Waals surface area contributed by atoms with E-state index in [1.54, 1.807) is 13.8 Å². The van der Waals surface area contributed by atoms with Crippen molar-refractivity contribution in [2.24, 2.45) is 0 Å². The van der Waals surface area contributed by atoms with Gasteiger partial charge in [-0.3, -0.25) is 20.2 Å². The molecule has 0 unspecified atom stereocenters. The lowest BCUT2D eigenvalue weighted by Crippen LogP contribution is -2.07. The Hall–Kier alpha value is -5.54. The summed E-state index contributed by atoms with van der Waals surface area (Å²) in [6.07, 6.45) is 0. The van der Waals surface area contributed by atoms with Crippen molar-refractivity contribution < 1.29 is 52.0 Å². The zero-order valence-corrected chi connectivity index (χ0v) is 21.3. The van der Waals surface area contributed by atoms with Gasteiger partial charge in [0.25, 0.3) is 11.4 Å². The van der Waals surface area contributed by atoms with Gasteiger partial charge in [0.2, 0.25) is 0 Å². The monoisotopic (exact) mass is 581 g/mol. The van der Waals surface area contributed by atoms with E-state index in [9.17, 15) is 47.8 Å². The van der Waals surface area contributed by atoms with E-state index < -0.39 is 62.1 Å². The van der Waals surface area contributed by atoms with E-state index in [4.69, 9.17) is 10.8 Å². The molecule has 3 N–H and O–H groups in total. The van der Waals surface area contributed by atoms with Crippen LogP contribution in [0.15, 0.2) is 54.6 Å². The number of nitrogen functional groups attached to an aromatic ring is 1. The number of nitrogens with zero attached hydrogens (tertiary/aromatic N) is 2. The van der Waals surface area contributed by atoms with Gasteiger partial charge in [0.05, 0.1) is 51.9 Å². The second-order valence-electron chi connectivity index (χ2n) is 7.33. The molecular weight excluding hydrogens is 559 g/mol. The molecule has 0 spiro atoms. The number of benzene rings is 3. The summed E-state index contributed by atoms with van der Waals surface area (Å²) in [7, 11) is 0. The summed E-state index contributed by atoms with van der Waals surface area (Å²) in [4.78, 5) is 51.4. The van der Waals surface area contributed by atoms with Crippen LogP contribution in [0.1, 0.15) is 44.9 Å². The van der Waals surface area contributed by atoms with E-state index >= 15 is 0 Å². The van der Waals surface area contributed by atoms with Crippen LogP contribution in [-0.4, -0.2) is 46.1 Å². The number of rotatable bonds is 7. The highest BCUT2D eigenvalue weighted by Crippen LogP contribution is 2.18. The first-order valence-corrected chi connectivity index (χ1v) is 11.2. The molecule has 41 heavy (non-hydrogen) atoms. The minimum atomic E-state index is -1.45. The zero-order chi connectivity index (χ0) is 31.3. The van der Waals surface area contributed by atoms with Crippen molar-refractivity contribution in [3.8, 4) is 0 Å². The predicted molar refractivity (Wildman–Crippen MR) is 136 cm³/mol. The maximum atomic E-state index is 13.2. The number of aromatic carboxylic acids is 1. The molecule has 3 aromatic carbocycles. The molecule has 0 aliphatic rings. The van der Waals surface area contributed by atoms with Crippen molar-refractivity contribution >= 4 is 35.0 Å². The van der Waals surface area contributed by atoms with Crippen LogP contribution in [0.5, 0.6) is 0 Å². The number of hydrogen-bond acceptors (Lipinski definition) is 10. The molecule has 0 aliphatic carbocycles. The number of ether oxygens (including phenoxy) is 2. The summed E-state index contributed by atoms with van der Waals surface area (Å²) in [5.74, 6) is -5.67. The van der Waals surface area contributed by atoms with Crippen molar-refractivity contribution in [2.45, 2.75) is 13.8 Å². The van der Waals surface area contributed by atoms with E-state index in [1.165, 1.54) is 12.1 Å². The average molecular weight is 581 g/mol. The lowest BCUT2D eigenvalue weighted by atomic mass is 10.2. The Balaban J connectivity index is 0.000000309. The van der Waals surface area contributed by atoms with Gasteiger partial charge in [-0.15, -0.1) is 0 Å². The number of nitrogens with two attached hydrogens (primary N) is 1. The largest absolute Gasteiger partial charge is 0.478 e. The number of carboxylic acids is 1. The Morgan fingerprint density at radius 3 is 1.41 bits per heavy atom. The van der Waals surface area contributed by atoms with E-state index in [2.05, 4.69) is 9.47 Å². The summed E-state index contributed by atoms with van der Waals surface area (Å²) in [5, 5.41) is 28.8. The summed E-state index contributed by atoms with van der Waals surface area (Å²) < 4.78 is 48.2. The number of anilines is 1. The van der Waals surface area contributed by atoms with Crippen LogP contribution in [0.4, 0.5) is 30.2 Å². The SMILES string of the molecule is CCOC(=O)c1ccc(N)cc1F.CCOC(=O)c1ccc([N+](=O)[O-])cc1F.O=C(O)c1ccc([N+](=O)[O-])cc1F. The summed E-state index contributed by atoms with van der Waals surface area (Å²) in [6.45, 7) is 3.59. The fraction of sp³-hybridized carbons (Fsp3) is 0.160. The van der Waals surface area contributed by atoms with E-state index in [0.29, 0.717) is 12.1 Å². The minimum Gasteiger partial charge on any atom is -0.478 e. The highest BCUT2D eigenvalue weighted by atomic mass is 19.1. The number of nitro groups is 2. The van der Waals surface area contributed by atoms with Crippen molar-refractivity contribution in [3.05, 3.63) is 109 Å². The number of non-ortho nitro benzene ring substituents is 2. The van der Waals surface area contributed by atoms with Crippen molar-refractivity contribution in [1.82, 2.24) is 0 Å². The van der Waals surface area contributed by atoms with Crippen molar-refractivity contribution in [1.29, 1.82) is 0 Å². The lowest BCUT2D eigenvalue weighted by molar-refractivity contribution is -0.385. The smallest absolute Gasteiger partial charge is 0.341 e. The molecule has 0 amide bonds. The first kappa shape index (κ1) is 33.5. The molecule has 0 fully saturated rings. The van der Waals surface area contributed by atoms with Crippen LogP contribution in [0.2, 0.25) is 0 Å². The third kappa shape index (κ3) is 10.3. The normalized spacial score (nSPS) is 9.68. The second-order valence-corrected chi connectivity index (χ2v) is 7.33. The average Bonchev–Trinajstić information content (AvgIpc) is 2.89. The second kappa shape index (κ2) is 15.8. The Bertz CT molecular complexity index is 1450. The first-order chi connectivity index (χ1) is 19.2. The molecule has 218 valence electrons. The molecule has 0 heterocycles. The third-order valence-corrected chi connectivity index (χ3v) is 4.54. The number of carboxylic acid groups (broad SMARTS) is 1. The number of carbonyl (C=O) groups excluding carboxylic acids is 2. The highest BCUT2D eigenvalue weighted by Gasteiger charge is 2.17. The van der Waals surface area contributed by atoms with E-state index in [1.807, 2.05) is 0 Å². The standard InChI is InChI=1S/C9H8FNO4.C9H10FNO2.C7H4FNO4/c1-2-15-9(12)7-4-3-6(11(13)14)5-8(7)10;1-2-13-9(12)7-4-3-6(11)5-8(7)10;8-6-3-4(9(12)13)1-2-5(6)7(10)11/h3-5H,2H2,1H3;3-5H,2,11H2,1H3;1-3H,(H,10,11). The summed E-state index contributed by atoms with van der Waals surface area (Å²) in [5.41, 5.74) is 3.75. The molecule has 0 bridgehead atoms. The van der Waals surface area contributed by atoms with Gasteiger partial charge >= 0.3 is 17.9 Å². The highest BCUT2D eigenvalue weighted by molar-refractivity contribution is 5.90. The molecule has 16 heteroatoms.